The van der Waals surface area contributed by atoms with Crippen molar-refractivity contribution >= 4 is 14.3 Å². The molecule has 0 aromatic carbocycles. The molecule has 0 bridgehead atoms. The van der Waals surface area contributed by atoms with Crippen LogP contribution in [0, 0.1) is 0 Å². The summed E-state index contributed by atoms with van der Waals surface area (Å²) < 4.78 is 11.7. The number of hydrogen-bond acceptors (Lipinski definition) is 3. The highest BCUT2D eigenvalue weighted by atomic mass is 28.4. The number of rotatable bonds is 4. The van der Waals surface area contributed by atoms with Gasteiger partial charge in [-0.1, -0.05) is 27.7 Å². The molecule has 0 spiro atoms. The molecule has 100 valence electrons. The van der Waals surface area contributed by atoms with Crippen molar-refractivity contribution in [3.8, 4) is 0 Å². The van der Waals surface area contributed by atoms with Crippen LogP contribution in [0.3, 0.4) is 0 Å². The highest BCUT2D eigenvalue weighted by molar-refractivity contribution is 6.74. The van der Waals surface area contributed by atoms with Crippen molar-refractivity contribution in [3.05, 3.63) is 0 Å². The third-order valence-electron chi connectivity index (χ3n) is 3.99. The van der Waals surface area contributed by atoms with Gasteiger partial charge >= 0.3 is 5.97 Å². The molecule has 4 heteroatoms. The summed E-state index contributed by atoms with van der Waals surface area (Å²) in [7, 11) is -1.77. The number of hydrogen-bond donors (Lipinski definition) is 0. The number of cyclic esters (lactones) is 1. The molecule has 0 aromatic heterocycles. The van der Waals surface area contributed by atoms with E-state index in [2.05, 4.69) is 40.8 Å². The Morgan fingerprint density at radius 3 is 2.41 bits per heavy atom. The minimum Gasteiger partial charge on any atom is -0.460 e. The molecule has 3 nitrogen and oxygen atoms in total. The van der Waals surface area contributed by atoms with Gasteiger partial charge in [0.2, 0.25) is 0 Å². The molecule has 0 amide bonds. The fourth-order valence-corrected chi connectivity index (χ4v) is 3.21. The summed E-state index contributed by atoms with van der Waals surface area (Å²) in [5.41, 5.74) is 0. The van der Waals surface area contributed by atoms with Crippen molar-refractivity contribution in [1.82, 2.24) is 0 Å². The second-order valence-corrected chi connectivity index (χ2v) is 11.1. The Morgan fingerprint density at radius 1 is 1.47 bits per heavy atom. The maximum atomic E-state index is 11.2. The molecule has 0 aromatic rings. The normalized spacial score (nSPS) is 23.6. The Morgan fingerprint density at radius 2 is 2.06 bits per heavy atom. The lowest BCUT2D eigenvalue weighted by molar-refractivity contribution is -0.144. The van der Waals surface area contributed by atoms with Gasteiger partial charge in [-0.2, -0.15) is 0 Å². The molecule has 1 aliphatic rings. The van der Waals surface area contributed by atoms with Gasteiger partial charge in [0.05, 0.1) is 6.10 Å². The average Bonchev–Trinajstić information content (AvgIpc) is 2.59. The van der Waals surface area contributed by atoms with Crippen LogP contribution in [0.25, 0.3) is 0 Å². The number of carbonyl (C=O) groups excluding carboxylic acids is 1. The Labute approximate surface area is 106 Å². The lowest BCUT2D eigenvalue weighted by Gasteiger charge is -2.40. The van der Waals surface area contributed by atoms with E-state index in [1.54, 1.807) is 0 Å². The molecular formula is C13H26O3Si. The average molecular weight is 258 g/mol. The van der Waals surface area contributed by atoms with Crippen LogP contribution < -0.4 is 0 Å². The topological polar surface area (TPSA) is 35.5 Å². The maximum Gasteiger partial charge on any atom is 0.306 e. The van der Waals surface area contributed by atoms with Gasteiger partial charge in [-0.15, -0.1) is 0 Å². The zero-order valence-electron chi connectivity index (χ0n) is 12.0. The van der Waals surface area contributed by atoms with Crippen LogP contribution in [0.2, 0.25) is 18.1 Å². The summed E-state index contributed by atoms with van der Waals surface area (Å²) in [6.07, 6.45) is 2.31. The van der Waals surface area contributed by atoms with E-state index in [4.69, 9.17) is 9.16 Å². The largest absolute Gasteiger partial charge is 0.460 e. The Balaban J connectivity index is 2.67. The first-order valence-corrected chi connectivity index (χ1v) is 9.45. The second kappa shape index (κ2) is 5.10. The number of ether oxygens (including phenoxy) is 1. The summed E-state index contributed by atoms with van der Waals surface area (Å²) >= 11 is 0. The molecule has 1 rings (SSSR count). The van der Waals surface area contributed by atoms with Crippen LogP contribution in [0.5, 0.6) is 0 Å². The molecule has 1 heterocycles. The quantitative estimate of drug-likeness (QED) is 0.572. The summed E-state index contributed by atoms with van der Waals surface area (Å²) in [5, 5.41) is 0.197. The van der Waals surface area contributed by atoms with E-state index in [0.29, 0.717) is 6.42 Å². The molecule has 0 N–H and O–H groups in total. The van der Waals surface area contributed by atoms with Gasteiger partial charge in [0.15, 0.2) is 8.32 Å². The van der Waals surface area contributed by atoms with Crippen molar-refractivity contribution in [3.63, 3.8) is 0 Å². The van der Waals surface area contributed by atoms with Crippen molar-refractivity contribution in [2.75, 3.05) is 0 Å². The van der Waals surface area contributed by atoms with Crippen LogP contribution in [0.15, 0.2) is 0 Å². The van der Waals surface area contributed by atoms with Crippen LogP contribution >= 0.6 is 0 Å². The standard InChI is InChI=1S/C13H26O3Si/c1-7-10(11-8-9-12(14)15-11)16-17(5,6)13(2,3)4/h10-11H,7-9H2,1-6H3/t10-,11-/m0/s1. The van der Waals surface area contributed by atoms with Crippen LogP contribution in [0.4, 0.5) is 0 Å². The summed E-state index contributed by atoms with van der Waals surface area (Å²) in [4.78, 5) is 11.2. The summed E-state index contributed by atoms with van der Waals surface area (Å²) in [5.74, 6) is -0.0766. The minimum absolute atomic E-state index is 0.0263. The second-order valence-electron chi connectivity index (χ2n) is 6.39. The smallest absolute Gasteiger partial charge is 0.306 e. The summed E-state index contributed by atoms with van der Waals surface area (Å²) in [6, 6.07) is 0. The number of carbonyl (C=O) groups is 1. The Bertz CT molecular complexity index is 281. The fraction of sp³-hybridized carbons (Fsp3) is 0.923. The Hall–Kier alpha value is -0.353. The van der Waals surface area contributed by atoms with Gasteiger partial charge in [-0.05, 0) is 31.0 Å². The first-order chi connectivity index (χ1) is 7.67. The maximum absolute atomic E-state index is 11.2. The molecule has 1 fully saturated rings. The predicted octanol–water partition coefficient (Wildman–Crippen LogP) is 3.49. The zero-order valence-corrected chi connectivity index (χ0v) is 13.0. The van der Waals surface area contributed by atoms with E-state index in [1.165, 1.54) is 0 Å². The molecule has 0 radical (unpaired) electrons. The zero-order chi connectivity index (χ0) is 13.3. The van der Waals surface area contributed by atoms with Crippen LogP contribution in [-0.4, -0.2) is 26.5 Å². The van der Waals surface area contributed by atoms with Crippen LogP contribution in [0.1, 0.15) is 47.0 Å². The molecule has 17 heavy (non-hydrogen) atoms. The fourth-order valence-electron chi connectivity index (χ4n) is 1.79. The third-order valence-corrected chi connectivity index (χ3v) is 8.49. The predicted molar refractivity (Wildman–Crippen MR) is 71.5 cm³/mol. The van der Waals surface area contributed by atoms with Crippen LogP contribution in [-0.2, 0) is 14.0 Å². The van der Waals surface area contributed by atoms with Gasteiger partial charge in [0, 0.05) is 6.42 Å². The molecular weight excluding hydrogens is 232 g/mol. The highest BCUT2D eigenvalue weighted by Crippen LogP contribution is 2.38. The van der Waals surface area contributed by atoms with Gasteiger partial charge in [-0.3, -0.25) is 4.79 Å². The van der Waals surface area contributed by atoms with Crippen molar-refractivity contribution in [2.45, 2.75) is 77.3 Å². The van der Waals surface area contributed by atoms with E-state index in [-0.39, 0.29) is 23.2 Å². The van der Waals surface area contributed by atoms with Crippen molar-refractivity contribution in [1.29, 1.82) is 0 Å². The summed E-state index contributed by atoms with van der Waals surface area (Å²) in [6.45, 7) is 13.3. The highest BCUT2D eigenvalue weighted by Gasteiger charge is 2.42. The van der Waals surface area contributed by atoms with Crippen molar-refractivity contribution < 1.29 is 14.0 Å². The first kappa shape index (κ1) is 14.7. The molecule has 0 unspecified atom stereocenters. The minimum atomic E-state index is -1.77. The lowest BCUT2D eigenvalue weighted by atomic mass is 10.1. The van der Waals surface area contributed by atoms with Crippen molar-refractivity contribution in [2.24, 2.45) is 0 Å². The molecule has 1 saturated heterocycles. The van der Waals surface area contributed by atoms with Gasteiger partial charge < -0.3 is 9.16 Å². The monoisotopic (exact) mass is 258 g/mol. The molecule has 1 aliphatic heterocycles. The van der Waals surface area contributed by atoms with E-state index in [1.807, 2.05) is 0 Å². The Kier molecular flexibility index (Phi) is 4.41. The van der Waals surface area contributed by atoms with Gasteiger partial charge in [0.25, 0.3) is 0 Å². The number of esters is 1. The first-order valence-electron chi connectivity index (χ1n) is 6.54. The molecule has 0 aliphatic carbocycles. The van der Waals surface area contributed by atoms with E-state index < -0.39 is 8.32 Å². The van der Waals surface area contributed by atoms with Gasteiger partial charge in [0.1, 0.15) is 6.10 Å². The van der Waals surface area contributed by atoms with E-state index in [9.17, 15) is 4.79 Å². The SMILES string of the molecule is CC[C@H](O[Si](C)(C)C(C)(C)C)[C@@H]1CCC(=O)O1. The van der Waals surface area contributed by atoms with Gasteiger partial charge in [-0.25, -0.2) is 0 Å². The third kappa shape index (κ3) is 3.55. The molecule has 0 saturated carbocycles. The molecule has 2 atom stereocenters. The lowest BCUT2D eigenvalue weighted by Crippen LogP contribution is -2.46. The van der Waals surface area contributed by atoms with E-state index in [0.717, 1.165) is 12.8 Å². The van der Waals surface area contributed by atoms with E-state index >= 15 is 0 Å².